The lowest BCUT2D eigenvalue weighted by atomic mass is 10.0. The number of imidazole rings is 1. The molecule has 114 valence electrons. The van der Waals surface area contributed by atoms with Gasteiger partial charge in [-0.15, -0.1) is 11.3 Å². The Labute approximate surface area is 137 Å². The number of aryl methyl sites for hydroxylation is 2. The first-order valence-corrected chi connectivity index (χ1v) is 8.44. The van der Waals surface area contributed by atoms with Crippen LogP contribution in [0.2, 0.25) is 5.15 Å². The number of benzene rings is 1. The van der Waals surface area contributed by atoms with Gasteiger partial charge in [0.15, 0.2) is 15.8 Å². The van der Waals surface area contributed by atoms with E-state index >= 15 is 0 Å². The number of hydrogen-bond acceptors (Lipinski definition) is 3. The zero-order valence-corrected chi connectivity index (χ0v) is 14.0. The minimum Gasteiger partial charge on any atom is -0.320 e. The van der Waals surface area contributed by atoms with Crippen LogP contribution in [-0.2, 0) is 12.8 Å². The predicted octanol–water partition coefficient (Wildman–Crippen LogP) is 4.43. The van der Waals surface area contributed by atoms with E-state index in [1.807, 2.05) is 23.6 Å². The van der Waals surface area contributed by atoms with Gasteiger partial charge in [0, 0.05) is 17.3 Å². The van der Waals surface area contributed by atoms with Crippen molar-refractivity contribution in [2.45, 2.75) is 26.7 Å². The molecule has 1 N–H and O–H groups in total. The fraction of sp³-hybridized carbons (Fsp3) is 0.250. The third kappa shape index (κ3) is 2.51. The summed E-state index contributed by atoms with van der Waals surface area (Å²) in [6, 6.07) is 6.09. The normalized spacial score (nSPS) is 11.0. The molecule has 22 heavy (non-hydrogen) atoms. The molecule has 2 aromatic heterocycles. The molecular weight excluding hydrogens is 318 g/mol. The second kappa shape index (κ2) is 6.10. The summed E-state index contributed by atoms with van der Waals surface area (Å²) in [5.41, 5.74) is 3.51. The molecule has 0 radical (unpaired) electrons. The third-order valence-corrected chi connectivity index (χ3v) is 4.69. The average molecular weight is 334 g/mol. The zero-order chi connectivity index (χ0) is 15.7. The number of para-hydroxylation sites is 1. The molecule has 0 saturated carbocycles. The zero-order valence-electron chi connectivity index (χ0n) is 12.4. The number of thiazole rings is 1. The van der Waals surface area contributed by atoms with Crippen LogP contribution >= 0.6 is 22.9 Å². The highest BCUT2D eigenvalue weighted by molar-refractivity contribution is 7.15. The molecule has 0 atom stereocenters. The molecule has 0 aliphatic rings. The SMILES string of the molecule is CCc1cccc(CC)c1NC(=O)c1c(Cl)nc2sccn12. The molecule has 3 rings (SSSR count). The predicted molar refractivity (Wildman–Crippen MR) is 91.2 cm³/mol. The van der Waals surface area contributed by atoms with E-state index in [0.717, 1.165) is 34.6 Å². The summed E-state index contributed by atoms with van der Waals surface area (Å²) in [7, 11) is 0. The lowest BCUT2D eigenvalue weighted by Gasteiger charge is -2.14. The highest BCUT2D eigenvalue weighted by atomic mass is 35.5. The monoisotopic (exact) mass is 333 g/mol. The van der Waals surface area contributed by atoms with Gasteiger partial charge in [-0.3, -0.25) is 9.20 Å². The second-order valence-electron chi connectivity index (χ2n) is 4.92. The highest BCUT2D eigenvalue weighted by Gasteiger charge is 2.20. The van der Waals surface area contributed by atoms with Crippen molar-refractivity contribution < 1.29 is 4.79 Å². The summed E-state index contributed by atoms with van der Waals surface area (Å²) < 4.78 is 1.72. The third-order valence-electron chi connectivity index (χ3n) is 3.67. The minimum absolute atomic E-state index is 0.230. The van der Waals surface area contributed by atoms with Gasteiger partial charge in [-0.25, -0.2) is 4.98 Å². The van der Waals surface area contributed by atoms with Crippen LogP contribution in [0.1, 0.15) is 35.5 Å². The van der Waals surface area contributed by atoms with Crippen molar-refractivity contribution in [3.63, 3.8) is 0 Å². The molecule has 6 heteroatoms. The van der Waals surface area contributed by atoms with E-state index in [0.29, 0.717) is 5.69 Å². The van der Waals surface area contributed by atoms with E-state index in [1.54, 1.807) is 10.6 Å². The Morgan fingerprint density at radius 1 is 1.32 bits per heavy atom. The van der Waals surface area contributed by atoms with E-state index < -0.39 is 0 Å². The van der Waals surface area contributed by atoms with Gasteiger partial charge >= 0.3 is 0 Å². The van der Waals surface area contributed by atoms with E-state index in [2.05, 4.69) is 24.1 Å². The number of anilines is 1. The minimum atomic E-state index is -0.230. The number of fused-ring (bicyclic) bond motifs is 1. The molecule has 0 bridgehead atoms. The van der Waals surface area contributed by atoms with Crippen molar-refractivity contribution in [2.24, 2.45) is 0 Å². The van der Waals surface area contributed by atoms with Crippen LogP contribution in [0.5, 0.6) is 0 Å². The van der Waals surface area contributed by atoms with E-state index in [9.17, 15) is 4.79 Å². The van der Waals surface area contributed by atoms with Gasteiger partial charge in [-0.05, 0) is 24.0 Å². The van der Waals surface area contributed by atoms with Gasteiger partial charge < -0.3 is 5.32 Å². The quantitative estimate of drug-likeness (QED) is 0.768. The average Bonchev–Trinajstić information content (AvgIpc) is 3.06. The Morgan fingerprint density at radius 3 is 2.64 bits per heavy atom. The number of rotatable bonds is 4. The number of nitrogens with zero attached hydrogens (tertiary/aromatic N) is 2. The van der Waals surface area contributed by atoms with Crippen LogP contribution in [-0.4, -0.2) is 15.3 Å². The lowest BCUT2D eigenvalue weighted by Crippen LogP contribution is -2.17. The molecule has 1 aromatic carbocycles. The van der Waals surface area contributed by atoms with Gasteiger partial charge in [0.05, 0.1) is 0 Å². The van der Waals surface area contributed by atoms with E-state index in [1.165, 1.54) is 11.3 Å². The Bertz CT molecular complexity index is 815. The van der Waals surface area contributed by atoms with Crippen molar-refractivity contribution in [2.75, 3.05) is 5.32 Å². The first kappa shape index (κ1) is 15.1. The number of hydrogen-bond donors (Lipinski definition) is 1. The maximum absolute atomic E-state index is 12.7. The molecule has 2 heterocycles. The van der Waals surface area contributed by atoms with E-state index in [-0.39, 0.29) is 11.1 Å². The Balaban J connectivity index is 2.01. The first-order chi connectivity index (χ1) is 10.7. The first-order valence-electron chi connectivity index (χ1n) is 7.18. The van der Waals surface area contributed by atoms with Gasteiger partial charge in [0.25, 0.3) is 5.91 Å². The van der Waals surface area contributed by atoms with E-state index in [4.69, 9.17) is 11.6 Å². The summed E-state index contributed by atoms with van der Waals surface area (Å²) >= 11 is 7.58. The smallest absolute Gasteiger partial charge is 0.275 e. The molecule has 0 saturated heterocycles. The second-order valence-corrected chi connectivity index (χ2v) is 6.15. The molecule has 0 fully saturated rings. The van der Waals surface area contributed by atoms with Gasteiger partial charge in [0.2, 0.25) is 0 Å². The summed E-state index contributed by atoms with van der Waals surface area (Å²) in [5.74, 6) is -0.230. The number of carbonyl (C=O) groups excluding carboxylic acids is 1. The van der Waals surface area contributed by atoms with Crippen LogP contribution in [0, 0.1) is 0 Å². The standard InChI is InChI=1S/C16H16ClN3OS/c1-3-10-6-5-7-11(4-2)12(10)18-15(21)13-14(17)19-16-20(13)8-9-22-16/h5-9H,3-4H2,1-2H3,(H,18,21). The maximum Gasteiger partial charge on any atom is 0.275 e. The largest absolute Gasteiger partial charge is 0.320 e. The number of nitrogens with one attached hydrogen (secondary N) is 1. The molecule has 0 aliphatic heterocycles. The number of halogens is 1. The van der Waals surface area contributed by atoms with Crippen LogP contribution in [0.3, 0.4) is 0 Å². The lowest BCUT2D eigenvalue weighted by molar-refractivity contribution is 0.102. The number of carbonyl (C=O) groups is 1. The fourth-order valence-electron chi connectivity index (χ4n) is 2.54. The van der Waals surface area contributed by atoms with Gasteiger partial charge in [-0.1, -0.05) is 43.6 Å². The Morgan fingerprint density at radius 2 is 2.00 bits per heavy atom. The van der Waals surface area contributed by atoms with Gasteiger partial charge in [-0.2, -0.15) is 0 Å². The van der Waals surface area contributed by atoms with Crippen LogP contribution in [0.4, 0.5) is 5.69 Å². The fourth-order valence-corrected chi connectivity index (χ4v) is 3.56. The van der Waals surface area contributed by atoms with Crippen molar-refractivity contribution >= 4 is 39.5 Å². The molecule has 0 spiro atoms. The molecular formula is C16H16ClN3OS. The van der Waals surface area contributed by atoms with Gasteiger partial charge in [0.1, 0.15) is 0 Å². The number of amides is 1. The van der Waals surface area contributed by atoms with Crippen LogP contribution in [0.15, 0.2) is 29.8 Å². The highest BCUT2D eigenvalue weighted by Crippen LogP contribution is 2.26. The summed E-state index contributed by atoms with van der Waals surface area (Å²) in [6.07, 6.45) is 3.52. The molecule has 1 amide bonds. The van der Waals surface area contributed by atoms with Crippen molar-refractivity contribution in [1.29, 1.82) is 0 Å². The number of aromatic nitrogens is 2. The Hall–Kier alpha value is -1.85. The molecule has 0 aliphatic carbocycles. The molecule has 4 nitrogen and oxygen atoms in total. The van der Waals surface area contributed by atoms with Crippen molar-refractivity contribution in [3.8, 4) is 0 Å². The maximum atomic E-state index is 12.7. The Kier molecular flexibility index (Phi) is 4.18. The molecule has 3 aromatic rings. The summed E-state index contributed by atoms with van der Waals surface area (Å²) in [5, 5.41) is 5.14. The summed E-state index contributed by atoms with van der Waals surface area (Å²) in [4.78, 5) is 17.6. The van der Waals surface area contributed by atoms with Crippen molar-refractivity contribution in [3.05, 3.63) is 51.7 Å². The van der Waals surface area contributed by atoms with Crippen molar-refractivity contribution in [1.82, 2.24) is 9.38 Å². The van der Waals surface area contributed by atoms with Crippen LogP contribution in [0.25, 0.3) is 4.96 Å². The van der Waals surface area contributed by atoms with Crippen LogP contribution < -0.4 is 5.32 Å². The topological polar surface area (TPSA) is 46.4 Å². The molecule has 0 unspecified atom stereocenters. The summed E-state index contributed by atoms with van der Waals surface area (Å²) in [6.45, 7) is 4.15.